The second kappa shape index (κ2) is 5.00. The van der Waals surface area contributed by atoms with E-state index in [1.165, 1.54) is 0 Å². The van der Waals surface area contributed by atoms with Crippen LogP contribution in [0.3, 0.4) is 0 Å². The number of hydrogen-bond acceptors (Lipinski definition) is 3. The van der Waals surface area contributed by atoms with Crippen molar-refractivity contribution in [3.63, 3.8) is 0 Å². The molecule has 1 heterocycles. The monoisotopic (exact) mass is 233 g/mol. The fraction of sp³-hybridized carbons (Fsp3) is 0.429. The van der Waals surface area contributed by atoms with Gasteiger partial charge >= 0.3 is 0 Å². The van der Waals surface area contributed by atoms with Gasteiger partial charge in [0.1, 0.15) is 5.60 Å². The van der Waals surface area contributed by atoms with Gasteiger partial charge in [0.15, 0.2) is 0 Å². The first-order chi connectivity index (χ1) is 8.17. The summed E-state index contributed by atoms with van der Waals surface area (Å²) in [6.07, 6.45) is 4.04. The Bertz CT molecular complexity index is 390. The molecule has 1 fully saturated rings. The van der Waals surface area contributed by atoms with Crippen molar-refractivity contribution in [3.8, 4) is 0 Å². The summed E-state index contributed by atoms with van der Waals surface area (Å²) < 4.78 is 0. The van der Waals surface area contributed by atoms with Crippen molar-refractivity contribution in [1.29, 1.82) is 0 Å². The smallest absolute Gasteiger partial charge is 0.104 e. The Morgan fingerprint density at radius 2 is 2.12 bits per heavy atom. The normalized spacial score (nSPS) is 30.2. The maximum absolute atomic E-state index is 10.7. The number of likely N-dealkylation sites (tertiary alicyclic amines) is 1. The van der Waals surface area contributed by atoms with Crippen molar-refractivity contribution in [1.82, 2.24) is 4.90 Å². The number of aliphatic hydroxyl groups excluding tert-OH is 1. The van der Waals surface area contributed by atoms with Gasteiger partial charge in [-0.05, 0) is 19.0 Å². The van der Waals surface area contributed by atoms with E-state index >= 15 is 0 Å². The van der Waals surface area contributed by atoms with Gasteiger partial charge in [0, 0.05) is 6.54 Å². The minimum absolute atomic E-state index is 0.0342. The van der Waals surface area contributed by atoms with E-state index in [-0.39, 0.29) is 12.6 Å². The van der Waals surface area contributed by atoms with Crippen molar-refractivity contribution in [2.24, 2.45) is 0 Å². The van der Waals surface area contributed by atoms with Crippen molar-refractivity contribution in [3.05, 3.63) is 48.0 Å². The van der Waals surface area contributed by atoms with Crippen LogP contribution in [0.1, 0.15) is 18.0 Å². The molecule has 17 heavy (non-hydrogen) atoms. The van der Waals surface area contributed by atoms with Gasteiger partial charge in [0.25, 0.3) is 0 Å². The summed E-state index contributed by atoms with van der Waals surface area (Å²) in [5, 5.41) is 19.5. The highest BCUT2D eigenvalue weighted by molar-refractivity contribution is 5.27. The molecular formula is C14H19NO2. The molecule has 0 unspecified atom stereocenters. The van der Waals surface area contributed by atoms with Crippen LogP contribution in [-0.4, -0.2) is 40.9 Å². The molecule has 92 valence electrons. The average molecular weight is 233 g/mol. The van der Waals surface area contributed by atoms with E-state index in [0.717, 1.165) is 12.1 Å². The molecule has 1 saturated heterocycles. The third-order valence-electron chi connectivity index (χ3n) is 3.41. The molecule has 2 rings (SSSR count). The third kappa shape index (κ3) is 2.41. The van der Waals surface area contributed by atoms with Crippen LogP contribution in [0.25, 0.3) is 0 Å². The molecule has 0 aromatic heterocycles. The van der Waals surface area contributed by atoms with Crippen molar-refractivity contribution in [2.75, 3.05) is 20.2 Å². The number of hydrogen-bond donors (Lipinski definition) is 2. The van der Waals surface area contributed by atoms with Crippen molar-refractivity contribution >= 4 is 0 Å². The van der Waals surface area contributed by atoms with Gasteiger partial charge in [-0.2, -0.15) is 0 Å². The lowest BCUT2D eigenvalue weighted by molar-refractivity contribution is 0.0524. The number of likely N-dealkylation sites (N-methyl/N-ethyl adjacent to an activating group) is 1. The number of nitrogens with zero attached hydrogens (tertiary/aromatic N) is 1. The highest BCUT2D eigenvalue weighted by Crippen LogP contribution is 2.40. The van der Waals surface area contributed by atoms with Gasteiger partial charge in [-0.15, -0.1) is 0 Å². The van der Waals surface area contributed by atoms with Crippen LogP contribution in [0.4, 0.5) is 0 Å². The Morgan fingerprint density at radius 1 is 1.41 bits per heavy atom. The summed E-state index contributed by atoms with van der Waals surface area (Å²) in [5.41, 5.74) is 0.233. The zero-order valence-corrected chi connectivity index (χ0v) is 10.1. The number of aliphatic hydroxyl groups is 2. The Labute approximate surface area is 102 Å². The molecule has 3 heteroatoms. The lowest BCUT2D eigenvalue weighted by atomic mass is 9.89. The molecule has 0 aliphatic carbocycles. The van der Waals surface area contributed by atoms with E-state index in [2.05, 4.69) is 4.90 Å². The van der Waals surface area contributed by atoms with E-state index in [1.54, 1.807) is 12.2 Å². The minimum Gasteiger partial charge on any atom is -0.392 e. The first-order valence-corrected chi connectivity index (χ1v) is 5.93. The molecule has 1 aliphatic rings. The third-order valence-corrected chi connectivity index (χ3v) is 3.41. The molecule has 2 N–H and O–H groups in total. The molecule has 0 bridgehead atoms. The molecule has 0 saturated carbocycles. The van der Waals surface area contributed by atoms with Gasteiger partial charge in [0.2, 0.25) is 0 Å². The van der Waals surface area contributed by atoms with Crippen molar-refractivity contribution < 1.29 is 10.2 Å². The molecule has 1 aromatic rings. The standard InChI is InChI=1S/C14H19NO2/c1-15-10-9-14(17,8-5-11-16)13(15)12-6-3-2-4-7-12/h2-8,13,16-17H,9-11H2,1H3/b8-5-/t13-,14-/m0/s1. The van der Waals surface area contributed by atoms with Crippen LogP contribution in [0.5, 0.6) is 0 Å². The Kier molecular flexibility index (Phi) is 3.62. The molecule has 1 aromatic carbocycles. The van der Waals surface area contributed by atoms with Gasteiger partial charge in [-0.25, -0.2) is 0 Å². The summed E-state index contributed by atoms with van der Waals surface area (Å²) >= 11 is 0. The predicted molar refractivity (Wildman–Crippen MR) is 67.6 cm³/mol. The van der Waals surface area contributed by atoms with Gasteiger partial charge in [0.05, 0.1) is 12.6 Å². The van der Waals surface area contributed by atoms with E-state index < -0.39 is 5.60 Å². The van der Waals surface area contributed by atoms with Gasteiger partial charge in [-0.1, -0.05) is 42.5 Å². The van der Waals surface area contributed by atoms with Gasteiger partial charge in [-0.3, -0.25) is 4.90 Å². The molecule has 3 nitrogen and oxygen atoms in total. The molecular weight excluding hydrogens is 214 g/mol. The van der Waals surface area contributed by atoms with Crippen LogP contribution in [0.15, 0.2) is 42.5 Å². The van der Waals surface area contributed by atoms with Crippen LogP contribution in [0.2, 0.25) is 0 Å². The van der Waals surface area contributed by atoms with E-state index in [4.69, 9.17) is 5.11 Å². The fourth-order valence-electron chi connectivity index (χ4n) is 2.61. The largest absolute Gasteiger partial charge is 0.392 e. The minimum atomic E-state index is -0.876. The summed E-state index contributed by atoms with van der Waals surface area (Å²) in [5.74, 6) is 0. The van der Waals surface area contributed by atoms with Crippen LogP contribution < -0.4 is 0 Å². The maximum atomic E-state index is 10.7. The zero-order chi connectivity index (χ0) is 12.3. The molecule has 0 amide bonds. The second-order valence-corrected chi connectivity index (χ2v) is 4.62. The quantitative estimate of drug-likeness (QED) is 0.774. The highest BCUT2D eigenvalue weighted by atomic mass is 16.3. The number of benzene rings is 1. The zero-order valence-electron chi connectivity index (χ0n) is 10.1. The number of rotatable bonds is 3. The van der Waals surface area contributed by atoms with Crippen molar-refractivity contribution in [2.45, 2.75) is 18.1 Å². The van der Waals surface area contributed by atoms with Gasteiger partial charge < -0.3 is 10.2 Å². The van der Waals surface area contributed by atoms with E-state index in [9.17, 15) is 5.11 Å². The van der Waals surface area contributed by atoms with Crippen LogP contribution >= 0.6 is 0 Å². The first-order valence-electron chi connectivity index (χ1n) is 5.93. The lowest BCUT2D eigenvalue weighted by Gasteiger charge is -2.30. The topological polar surface area (TPSA) is 43.7 Å². The SMILES string of the molecule is CN1CC[C@@](O)(/C=C\CO)[C@@H]1c1ccccc1. The summed E-state index contributed by atoms with van der Waals surface area (Å²) in [6.45, 7) is 0.819. The Balaban J connectivity index is 2.32. The van der Waals surface area contributed by atoms with Crippen LogP contribution in [-0.2, 0) is 0 Å². The highest BCUT2D eigenvalue weighted by Gasteiger charge is 2.43. The Morgan fingerprint density at radius 3 is 2.76 bits per heavy atom. The summed E-state index contributed by atoms with van der Waals surface area (Å²) in [7, 11) is 2.02. The maximum Gasteiger partial charge on any atom is 0.104 e. The molecule has 0 spiro atoms. The second-order valence-electron chi connectivity index (χ2n) is 4.62. The molecule has 0 radical (unpaired) electrons. The first kappa shape index (κ1) is 12.3. The molecule has 1 aliphatic heterocycles. The van der Waals surface area contributed by atoms with E-state index in [1.807, 2.05) is 37.4 Å². The molecule has 2 atom stereocenters. The lowest BCUT2D eigenvalue weighted by Crippen LogP contribution is -2.34. The Hall–Kier alpha value is -1.16. The summed E-state index contributed by atoms with van der Waals surface area (Å²) in [6, 6.07) is 9.97. The fourth-order valence-corrected chi connectivity index (χ4v) is 2.61. The van der Waals surface area contributed by atoms with E-state index in [0.29, 0.717) is 6.42 Å². The summed E-state index contributed by atoms with van der Waals surface area (Å²) in [4.78, 5) is 2.15. The van der Waals surface area contributed by atoms with Crippen LogP contribution in [0, 0.1) is 0 Å². The predicted octanol–water partition coefficient (Wildman–Crippen LogP) is 1.34. The average Bonchev–Trinajstić information content (AvgIpc) is 2.64.